The van der Waals surface area contributed by atoms with Crippen molar-refractivity contribution in [3.8, 4) is 0 Å². The van der Waals surface area contributed by atoms with Crippen molar-refractivity contribution >= 4 is 0 Å². The Bertz CT molecular complexity index is 289. The molecule has 0 spiro atoms. The molecule has 1 unspecified atom stereocenters. The van der Waals surface area contributed by atoms with Crippen LogP contribution in [0.5, 0.6) is 0 Å². The summed E-state index contributed by atoms with van der Waals surface area (Å²) in [6, 6.07) is 4.09. The largest absolute Gasteiger partial charge is 0.392 e. The van der Waals surface area contributed by atoms with Gasteiger partial charge in [-0.15, -0.1) is 0 Å². The molecule has 1 aromatic heterocycles. The first kappa shape index (κ1) is 11.3. The molecule has 0 amide bonds. The zero-order valence-corrected chi connectivity index (χ0v) is 9.41. The molecule has 0 aliphatic heterocycles. The Morgan fingerprint density at radius 2 is 2.21 bits per heavy atom. The lowest BCUT2D eigenvalue weighted by Crippen LogP contribution is -2.47. The Morgan fingerprint density at radius 3 is 2.64 bits per heavy atom. The van der Waals surface area contributed by atoms with Gasteiger partial charge in [0.2, 0.25) is 0 Å². The number of hydrogen-bond acceptors (Lipinski definition) is 2. The maximum atomic E-state index is 9.51. The van der Waals surface area contributed by atoms with E-state index in [1.54, 1.807) is 6.92 Å². The van der Waals surface area contributed by atoms with E-state index in [-0.39, 0.29) is 11.6 Å². The van der Waals surface area contributed by atoms with Gasteiger partial charge in [-0.2, -0.15) is 0 Å². The molecular formula is C11H20N2O. The van der Waals surface area contributed by atoms with Crippen LogP contribution in [0.2, 0.25) is 0 Å². The van der Waals surface area contributed by atoms with E-state index in [9.17, 15) is 5.11 Å². The van der Waals surface area contributed by atoms with Gasteiger partial charge in [0.25, 0.3) is 0 Å². The zero-order chi connectivity index (χ0) is 10.8. The molecular weight excluding hydrogens is 176 g/mol. The van der Waals surface area contributed by atoms with E-state index < -0.39 is 0 Å². The van der Waals surface area contributed by atoms with Crippen molar-refractivity contribution in [2.24, 2.45) is 7.05 Å². The zero-order valence-electron chi connectivity index (χ0n) is 9.41. The van der Waals surface area contributed by atoms with Gasteiger partial charge in [-0.3, -0.25) is 0 Å². The van der Waals surface area contributed by atoms with E-state index in [0.717, 1.165) is 6.54 Å². The van der Waals surface area contributed by atoms with Gasteiger partial charge in [0, 0.05) is 31.0 Å². The van der Waals surface area contributed by atoms with Crippen LogP contribution in [0.1, 0.15) is 26.5 Å². The third-order valence-corrected chi connectivity index (χ3v) is 2.82. The second-order valence-corrected chi connectivity index (χ2v) is 4.36. The van der Waals surface area contributed by atoms with Gasteiger partial charge in [-0.25, -0.2) is 0 Å². The Hall–Kier alpha value is -0.800. The molecule has 0 fully saturated rings. The van der Waals surface area contributed by atoms with Gasteiger partial charge in [-0.1, -0.05) is 0 Å². The molecule has 80 valence electrons. The number of nitrogens with zero attached hydrogens (tertiary/aromatic N) is 1. The Labute approximate surface area is 85.7 Å². The first-order valence-corrected chi connectivity index (χ1v) is 4.97. The van der Waals surface area contributed by atoms with Crippen LogP contribution in [0.3, 0.4) is 0 Å². The average Bonchev–Trinajstić information content (AvgIpc) is 2.47. The van der Waals surface area contributed by atoms with Crippen LogP contribution in [0, 0.1) is 0 Å². The van der Waals surface area contributed by atoms with Crippen LogP contribution in [0.15, 0.2) is 18.3 Å². The fourth-order valence-corrected chi connectivity index (χ4v) is 1.15. The van der Waals surface area contributed by atoms with Crippen LogP contribution in [0.4, 0.5) is 0 Å². The molecule has 1 atom stereocenters. The summed E-state index contributed by atoms with van der Waals surface area (Å²) in [4.78, 5) is 0. The van der Waals surface area contributed by atoms with Crippen LogP contribution >= 0.6 is 0 Å². The number of aryl methyl sites for hydroxylation is 1. The lowest BCUT2D eigenvalue weighted by molar-refractivity contribution is 0.0952. The van der Waals surface area contributed by atoms with E-state index in [2.05, 4.69) is 16.0 Å². The highest BCUT2D eigenvalue weighted by molar-refractivity contribution is 5.06. The molecule has 0 saturated heterocycles. The third-order valence-electron chi connectivity index (χ3n) is 2.82. The molecule has 3 nitrogen and oxygen atoms in total. The molecule has 1 aromatic rings. The fraction of sp³-hybridized carbons (Fsp3) is 0.636. The first-order valence-electron chi connectivity index (χ1n) is 4.97. The molecule has 0 radical (unpaired) electrons. The lowest BCUT2D eigenvalue weighted by Gasteiger charge is -2.29. The Kier molecular flexibility index (Phi) is 3.34. The molecule has 0 bridgehead atoms. The minimum atomic E-state index is -0.359. The predicted octanol–water partition coefficient (Wildman–Crippen LogP) is 1.27. The molecule has 1 rings (SSSR count). The second kappa shape index (κ2) is 4.15. The van der Waals surface area contributed by atoms with Crippen LogP contribution in [-0.2, 0) is 13.6 Å². The summed E-state index contributed by atoms with van der Waals surface area (Å²) in [7, 11) is 2.02. The summed E-state index contributed by atoms with van der Waals surface area (Å²) in [5, 5.41) is 12.8. The highest BCUT2D eigenvalue weighted by Gasteiger charge is 2.22. The van der Waals surface area contributed by atoms with Gasteiger partial charge in [0.05, 0.1) is 6.10 Å². The van der Waals surface area contributed by atoms with E-state index in [1.165, 1.54) is 5.69 Å². The van der Waals surface area contributed by atoms with Crippen molar-refractivity contribution in [1.82, 2.24) is 9.88 Å². The summed E-state index contributed by atoms with van der Waals surface area (Å²) in [5.74, 6) is 0. The highest BCUT2D eigenvalue weighted by Crippen LogP contribution is 2.10. The second-order valence-electron chi connectivity index (χ2n) is 4.36. The van der Waals surface area contributed by atoms with E-state index in [4.69, 9.17) is 0 Å². The van der Waals surface area contributed by atoms with Crippen molar-refractivity contribution < 1.29 is 5.11 Å². The third kappa shape index (κ3) is 2.59. The molecule has 1 heterocycles. The summed E-state index contributed by atoms with van der Waals surface area (Å²) < 4.78 is 2.07. The maximum Gasteiger partial charge on any atom is 0.0688 e. The van der Waals surface area contributed by atoms with Gasteiger partial charge in [-0.05, 0) is 32.9 Å². The molecule has 2 N–H and O–H groups in total. The van der Waals surface area contributed by atoms with Crippen molar-refractivity contribution in [3.05, 3.63) is 24.0 Å². The van der Waals surface area contributed by atoms with Gasteiger partial charge >= 0.3 is 0 Å². The Morgan fingerprint density at radius 1 is 1.57 bits per heavy atom. The van der Waals surface area contributed by atoms with Crippen molar-refractivity contribution in [3.63, 3.8) is 0 Å². The lowest BCUT2D eigenvalue weighted by atomic mass is 9.99. The van der Waals surface area contributed by atoms with Crippen molar-refractivity contribution in [1.29, 1.82) is 0 Å². The normalized spacial score (nSPS) is 14.4. The fourth-order valence-electron chi connectivity index (χ4n) is 1.15. The van der Waals surface area contributed by atoms with Crippen LogP contribution in [-0.4, -0.2) is 21.3 Å². The molecule has 0 saturated carbocycles. The maximum absolute atomic E-state index is 9.51. The number of rotatable bonds is 4. The van der Waals surface area contributed by atoms with Gasteiger partial charge < -0.3 is 15.0 Å². The SMILES string of the molecule is CC(O)C(C)(C)NCc1cccn1C. The van der Waals surface area contributed by atoms with E-state index >= 15 is 0 Å². The quantitative estimate of drug-likeness (QED) is 0.761. The average molecular weight is 196 g/mol. The smallest absolute Gasteiger partial charge is 0.0688 e. The Balaban J connectivity index is 2.53. The number of hydrogen-bond donors (Lipinski definition) is 2. The summed E-state index contributed by atoms with van der Waals surface area (Å²) in [6.45, 7) is 6.58. The van der Waals surface area contributed by atoms with Crippen molar-refractivity contribution in [2.45, 2.75) is 39.0 Å². The molecule has 0 aliphatic rings. The minimum absolute atomic E-state index is 0.246. The molecule has 0 aromatic carbocycles. The molecule has 0 aliphatic carbocycles. The van der Waals surface area contributed by atoms with Crippen LogP contribution < -0.4 is 5.32 Å². The number of aliphatic hydroxyl groups is 1. The highest BCUT2D eigenvalue weighted by atomic mass is 16.3. The monoisotopic (exact) mass is 196 g/mol. The molecule has 3 heteroatoms. The van der Waals surface area contributed by atoms with E-state index in [0.29, 0.717) is 0 Å². The van der Waals surface area contributed by atoms with Crippen molar-refractivity contribution in [2.75, 3.05) is 0 Å². The topological polar surface area (TPSA) is 37.2 Å². The number of aliphatic hydroxyl groups excluding tert-OH is 1. The summed E-state index contributed by atoms with van der Waals surface area (Å²) in [6.07, 6.45) is 1.66. The predicted molar refractivity (Wildman–Crippen MR) is 58.0 cm³/mol. The molecule has 14 heavy (non-hydrogen) atoms. The number of aromatic nitrogens is 1. The summed E-state index contributed by atoms with van der Waals surface area (Å²) in [5.41, 5.74) is 0.975. The van der Waals surface area contributed by atoms with Gasteiger partial charge in [0.15, 0.2) is 0 Å². The summed E-state index contributed by atoms with van der Waals surface area (Å²) >= 11 is 0. The standard InChI is InChI=1S/C11H20N2O/c1-9(14)11(2,3)12-8-10-6-5-7-13(10)4/h5-7,9,12,14H,8H2,1-4H3. The first-order chi connectivity index (χ1) is 6.43. The minimum Gasteiger partial charge on any atom is -0.392 e. The van der Waals surface area contributed by atoms with E-state index in [1.807, 2.05) is 33.2 Å². The van der Waals surface area contributed by atoms with Crippen LogP contribution in [0.25, 0.3) is 0 Å². The number of nitrogens with one attached hydrogen (secondary N) is 1. The van der Waals surface area contributed by atoms with Gasteiger partial charge in [0.1, 0.15) is 0 Å².